The summed E-state index contributed by atoms with van der Waals surface area (Å²) < 4.78 is 19.4. The average Bonchev–Trinajstić information content (AvgIpc) is 2.81. The maximum absolute atomic E-state index is 14.4. The molecule has 0 bridgehead atoms. The van der Waals surface area contributed by atoms with Crippen LogP contribution in [-0.2, 0) is 9.73 Å². The molecule has 0 saturated heterocycles. The van der Waals surface area contributed by atoms with Crippen molar-refractivity contribution < 1.29 is 4.21 Å². The van der Waals surface area contributed by atoms with Gasteiger partial charge in [-0.2, -0.15) is 4.36 Å². The number of hydrogen-bond acceptors (Lipinski definition) is 2. The second-order valence-electron chi connectivity index (χ2n) is 6.88. The van der Waals surface area contributed by atoms with Crippen molar-refractivity contribution in [2.75, 3.05) is 0 Å². The van der Waals surface area contributed by atoms with Crippen LogP contribution < -0.4 is 0 Å². The number of rotatable bonds is 3. The van der Waals surface area contributed by atoms with E-state index in [1.54, 1.807) is 0 Å². The minimum absolute atomic E-state index is 0.730. The lowest BCUT2D eigenvalue weighted by Crippen LogP contribution is -2.11. The van der Waals surface area contributed by atoms with E-state index in [1.165, 1.54) is 0 Å². The van der Waals surface area contributed by atoms with Gasteiger partial charge in [-0.3, -0.25) is 0 Å². The SMILES string of the molecule is O=S1(c2ccccc2)=NC(c2ccccc2)=C(c2ccccc2)c2ccccc21. The molecule has 0 aliphatic carbocycles. The van der Waals surface area contributed by atoms with Gasteiger partial charge in [0.2, 0.25) is 0 Å². The smallest absolute Gasteiger partial charge is 0.109 e. The maximum Gasteiger partial charge on any atom is 0.109 e. The van der Waals surface area contributed by atoms with Gasteiger partial charge >= 0.3 is 0 Å². The van der Waals surface area contributed by atoms with E-state index in [4.69, 9.17) is 4.36 Å². The number of nitrogens with zero attached hydrogens (tertiary/aromatic N) is 1. The Labute approximate surface area is 171 Å². The zero-order valence-electron chi connectivity index (χ0n) is 15.7. The number of benzene rings is 4. The summed E-state index contributed by atoms with van der Waals surface area (Å²) in [6, 6.07) is 37.7. The summed E-state index contributed by atoms with van der Waals surface area (Å²) in [5.74, 6) is 0. The van der Waals surface area contributed by atoms with Crippen molar-refractivity contribution >= 4 is 21.0 Å². The average molecular weight is 394 g/mol. The summed E-state index contributed by atoms with van der Waals surface area (Å²) in [5.41, 5.74) is 4.79. The van der Waals surface area contributed by atoms with Crippen molar-refractivity contribution in [3.63, 3.8) is 0 Å². The van der Waals surface area contributed by atoms with Crippen LogP contribution in [0.3, 0.4) is 0 Å². The van der Waals surface area contributed by atoms with Gasteiger partial charge in [-0.1, -0.05) is 97.1 Å². The molecule has 1 heterocycles. The predicted molar refractivity (Wildman–Crippen MR) is 119 cm³/mol. The number of fused-ring (bicyclic) bond motifs is 1. The fourth-order valence-corrected chi connectivity index (χ4v) is 5.91. The predicted octanol–water partition coefficient (Wildman–Crippen LogP) is 6.50. The van der Waals surface area contributed by atoms with Crippen LogP contribution in [0.15, 0.2) is 129 Å². The Morgan fingerprint density at radius 3 is 1.72 bits per heavy atom. The summed E-state index contributed by atoms with van der Waals surface area (Å²) in [6.07, 6.45) is 0. The Bertz CT molecular complexity index is 1320. The van der Waals surface area contributed by atoms with Gasteiger partial charge in [0.15, 0.2) is 0 Å². The largest absolute Gasteiger partial charge is 0.239 e. The molecule has 0 radical (unpaired) electrons. The molecule has 1 atom stereocenters. The first-order valence-electron chi connectivity index (χ1n) is 9.54. The van der Waals surface area contributed by atoms with Crippen LogP contribution in [0.25, 0.3) is 11.3 Å². The highest BCUT2D eigenvalue weighted by molar-refractivity contribution is 7.94. The molecule has 1 unspecified atom stereocenters. The Balaban J connectivity index is 1.94. The highest BCUT2D eigenvalue weighted by Gasteiger charge is 2.29. The zero-order valence-corrected chi connectivity index (χ0v) is 16.5. The molecule has 0 spiro atoms. The van der Waals surface area contributed by atoms with Crippen LogP contribution in [0, 0.1) is 0 Å². The molecule has 4 aromatic rings. The minimum Gasteiger partial charge on any atom is -0.239 e. The van der Waals surface area contributed by atoms with Crippen molar-refractivity contribution in [3.8, 4) is 0 Å². The van der Waals surface area contributed by atoms with E-state index >= 15 is 0 Å². The van der Waals surface area contributed by atoms with E-state index in [2.05, 4.69) is 18.2 Å². The fourth-order valence-electron chi connectivity index (χ4n) is 3.74. The first kappa shape index (κ1) is 17.7. The molecule has 4 aromatic carbocycles. The van der Waals surface area contributed by atoms with E-state index in [1.807, 2.05) is 97.1 Å². The fraction of sp³-hybridized carbons (Fsp3) is 0. The molecule has 0 fully saturated rings. The third kappa shape index (κ3) is 3.00. The third-order valence-electron chi connectivity index (χ3n) is 5.08. The molecule has 5 rings (SSSR count). The molecular weight excluding hydrogens is 374 g/mol. The van der Waals surface area contributed by atoms with Gasteiger partial charge in [0.05, 0.1) is 15.5 Å². The van der Waals surface area contributed by atoms with E-state index in [0.29, 0.717) is 0 Å². The summed E-state index contributed by atoms with van der Waals surface area (Å²) >= 11 is 0. The van der Waals surface area contributed by atoms with Crippen LogP contribution in [0.1, 0.15) is 16.7 Å². The highest BCUT2D eigenvalue weighted by Crippen LogP contribution is 2.43. The molecule has 0 N–H and O–H groups in total. The van der Waals surface area contributed by atoms with Crippen molar-refractivity contribution in [1.82, 2.24) is 0 Å². The maximum atomic E-state index is 14.4. The summed E-state index contributed by atoms with van der Waals surface area (Å²) in [5, 5.41) is 0. The van der Waals surface area contributed by atoms with Crippen LogP contribution in [-0.4, -0.2) is 4.21 Å². The molecule has 29 heavy (non-hydrogen) atoms. The molecule has 140 valence electrons. The molecule has 1 aliphatic heterocycles. The topological polar surface area (TPSA) is 29.4 Å². The lowest BCUT2D eigenvalue weighted by atomic mass is 9.93. The van der Waals surface area contributed by atoms with Crippen molar-refractivity contribution in [2.45, 2.75) is 9.79 Å². The molecule has 0 aromatic heterocycles. The first-order valence-corrected chi connectivity index (χ1v) is 11.1. The van der Waals surface area contributed by atoms with Gasteiger partial charge in [-0.05, 0) is 23.8 Å². The van der Waals surface area contributed by atoms with Gasteiger partial charge < -0.3 is 0 Å². The van der Waals surface area contributed by atoms with Gasteiger partial charge in [0.1, 0.15) is 9.73 Å². The number of hydrogen-bond donors (Lipinski definition) is 0. The second kappa shape index (κ2) is 7.19. The van der Waals surface area contributed by atoms with Crippen molar-refractivity contribution in [2.24, 2.45) is 4.36 Å². The molecule has 0 saturated carbocycles. The Morgan fingerprint density at radius 1 is 0.552 bits per heavy atom. The molecule has 3 heteroatoms. The summed E-state index contributed by atoms with van der Waals surface area (Å²) in [4.78, 5) is 1.50. The van der Waals surface area contributed by atoms with Crippen LogP contribution >= 0.6 is 0 Å². The van der Waals surface area contributed by atoms with E-state index < -0.39 is 9.73 Å². The van der Waals surface area contributed by atoms with Gasteiger partial charge in [0.25, 0.3) is 0 Å². The molecule has 0 amide bonds. The summed E-state index contributed by atoms with van der Waals surface area (Å²) in [6.45, 7) is 0. The first-order chi connectivity index (χ1) is 14.3. The van der Waals surface area contributed by atoms with E-state index in [0.717, 1.165) is 37.8 Å². The third-order valence-corrected chi connectivity index (χ3v) is 7.39. The van der Waals surface area contributed by atoms with Gasteiger partial charge in [-0.25, -0.2) is 4.21 Å². The molecule has 2 nitrogen and oxygen atoms in total. The standard InChI is InChI=1S/C26H19NOS/c28-29(22-16-8-3-9-17-22)24-19-11-10-18-23(24)25(20-12-4-1-5-13-20)26(27-29)21-14-6-2-7-15-21/h1-19H. The normalized spacial score (nSPS) is 18.1. The van der Waals surface area contributed by atoms with E-state index in [9.17, 15) is 4.21 Å². The Morgan fingerprint density at radius 2 is 1.07 bits per heavy atom. The Hall–Kier alpha value is -3.43. The summed E-state index contributed by atoms with van der Waals surface area (Å²) in [7, 11) is -2.80. The lowest BCUT2D eigenvalue weighted by Gasteiger charge is -2.24. The van der Waals surface area contributed by atoms with Crippen molar-refractivity contribution in [1.29, 1.82) is 0 Å². The highest BCUT2D eigenvalue weighted by atomic mass is 32.2. The van der Waals surface area contributed by atoms with Gasteiger partial charge in [-0.15, -0.1) is 0 Å². The molecular formula is C26H19NOS. The zero-order chi connectivity index (χ0) is 19.7. The van der Waals surface area contributed by atoms with E-state index in [-0.39, 0.29) is 0 Å². The monoisotopic (exact) mass is 393 g/mol. The Kier molecular flexibility index (Phi) is 4.38. The van der Waals surface area contributed by atoms with Crippen LogP contribution in [0.4, 0.5) is 0 Å². The minimum atomic E-state index is -2.80. The quantitative estimate of drug-likeness (QED) is 0.390. The molecule has 1 aliphatic rings. The van der Waals surface area contributed by atoms with Gasteiger partial charge in [0, 0.05) is 16.7 Å². The second-order valence-corrected chi connectivity index (χ2v) is 9.03. The van der Waals surface area contributed by atoms with Crippen LogP contribution in [0.2, 0.25) is 0 Å². The van der Waals surface area contributed by atoms with Crippen molar-refractivity contribution in [3.05, 3.63) is 132 Å². The van der Waals surface area contributed by atoms with Crippen LogP contribution in [0.5, 0.6) is 0 Å². The lowest BCUT2D eigenvalue weighted by molar-refractivity contribution is 0.676.